The van der Waals surface area contributed by atoms with Gasteiger partial charge < -0.3 is 14.7 Å². The molecule has 2 saturated heterocycles. The van der Waals surface area contributed by atoms with E-state index in [1.807, 2.05) is 0 Å². The van der Waals surface area contributed by atoms with Crippen molar-refractivity contribution in [2.75, 3.05) is 39.8 Å². The van der Waals surface area contributed by atoms with E-state index in [0.29, 0.717) is 6.10 Å². The Kier molecular flexibility index (Phi) is 4.97. The van der Waals surface area contributed by atoms with Gasteiger partial charge >= 0.3 is 5.97 Å². The molecule has 2 rings (SSSR count). The first-order valence-electron chi connectivity index (χ1n) is 6.91. The molecular formula is C13H24N2O3. The Hall–Kier alpha value is -0.650. The van der Waals surface area contributed by atoms with Crippen LogP contribution in [0.2, 0.25) is 0 Å². The van der Waals surface area contributed by atoms with Gasteiger partial charge in [-0.2, -0.15) is 0 Å². The fraction of sp³-hybridized carbons (Fsp3) is 0.923. The number of ether oxygens (including phenoxy) is 1. The number of nitrogens with zero attached hydrogens (tertiary/aromatic N) is 2. The molecule has 5 nitrogen and oxygen atoms in total. The van der Waals surface area contributed by atoms with E-state index in [1.54, 1.807) is 0 Å². The Morgan fingerprint density at radius 2 is 2.22 bits per heavy atom. The highest BCUT2D eigenvalue weighted by atomic mass is 16.5. The molecule has 0 aliphatic carbocycles. The number of likely N-dealkylation sites (N-methyl/N-ethyl adjacent to an activating group) is 1. The quantitative estimate of drug-likeness (QED) is 0.800. The molecule has 0 aromatic heterocycles. The number of aliphatic carboxylic acids is 1. The van der Waals surface area contributed by atoms with E-state index in [1.165, 1.54) is 0 Å². The molecule has 2 heterocycles. The van der Waals surface area contributed by atoms with Crippen LogP contribution in [0.5, 0.6) is 0 Å². The van der Waals surface area contributed by atoms with Crippen molar-refractivity contribution in [2.24, 2.45) is 0 Å². The van der Waals surface area contributed by atoms with E-state index >= 15 is 0 Å². The van der Waals surface area contributed by atoms with Gasteiger partial charge in [0.15, 0.2) is 0 Å². The molecule has 2 aliphatic heterocycles. The van der Waals surface area contributed by atoms with Gasteiger partial charge in [0.25, 0.3) is 0 Å². The van der Waals surface area contributed by atoms with Crippen LogP contribution in [0.1, 0.15) is 25.7 Å². The van der Waals surface area contributed by atoms with Gasteiger partial charge in [0.05, 0.1) is 12.5 Å². The molecule has 0 bridgehead atoms. The van der Waals surface area contributed by atoms with Gasteiger partial charge in [0.2, 0.25) is 0 Å². The normalized spacial score (nSPS) is 31.4. The van der Waals surface area contributed by atoms with Crippen molar-refractivity contribution < 1.29 is 14.6 Å². The Morgan fingerprint density at radius 1 is 1.39 bits per heavy atom. The van der Waals surface area contributed by atoms with Gasteiger partial charge in [0.1, 0.15) is 0 Å². The molecule has 0 radical (unpaired) electrons. The zero-order valence-electron chi connectivity index (χ0n) is 11.2. The Morgan fingerprint density at radius 3 is 2.89 bits per heavy atom. The van der Waals surface area contributed by atoms with Crippen LogP contribution >= 0.6 is 0 Å². The van der Waals surface area contributed by atoms with Gasteiger partial charge in [-0.1, -0.05) is 0 Å². The molecule has 0 spiro atoms. The molecule has 104 valence electrons. The number of carbonyl (C=O) groups is 1. The lowest BCUT2D eigenvalue weighted by molar-refractivity contribution is -0.138. The molecule has 5 heteroatoms. The molecule has 2 atom stereocenters. The number of carboxylic acids is 1. The predicted octanol–water partition coefficient (Wildman–Crippen LogP) is 0.646. The minimum atomic E-state index is -0.701. The van der Waals surface area contributed by atoms with Crippen LogP contribution < -0.4 is 0 Å². The first-order valence-corrected chi connectivity index (χ1v) is 6.91. The second-order valence-electron chi connectivity index (χ2n) is 5.50. The molecule has 0 aromatic rings. The average molecular weight is 256 g/mol. The standard InChI is InChI=1S/C13H24N2O3/c1-14-5-3-6-15(10-12-4-2-7-18-12)11(9-14)8-13(16)17/h11-12H,2-10H2,1H3,(H,16,17). The molecule has 18 heavy (non-hydrogen) atoms. The van der Waals surface area contributed by atoms with Crippen LogP contribution in [-0.2, 0) is 9.53 Å². The maximum Gasteiger partial charge on any atom is 0.304 e. The molecular weight excluding hydrogens is 232 g/mol. The SMILES string of the molecule is CN1CCCN(CC2CCCO2)C(CC(=O)O)C1. The third kappa shape index (κ3) is 3.93. The van der Waals surface area contributed by atoms with E-state index < -0.39 is 5.97 Å². The number of hydrogen-bond acceptors (Lipinski definition) is 4. The van der Waals surface area contributed by atoms with Crippen LogP contribution in [0.3, 0.4) is 0 Å². The van der Waals surface area contributed by atoms with Crippen LogP contribution in [-0.4, -0.2) is 72.9 Å². The molecule has 1 N–H and O–H groups in total. The zero-order valence-corrected chi connectivity index (χ0v) is 11.2. The van der Waals surface area contributed by atoms with Gasteiger partial charge in [-0.05, 0) is 39.4 Å². The summed E-state index contributed by atoms with van der Waals surface area (Å²) in [5.74, 6) is -0.701. The fourth-order valence-corrected chi connectivity index (χ4v) is 2.98. The Balaban J connectivity index is 1.95. The minimum absolute atomic E-state index is 0.124. The summed E-state index contributed by atoms with van der Waals surface area (Å²) in [7, 11) is 2.07. The highest BCUT2D eigenvalue weighted by molar-refractivity contribution is 5.67. The van der Waals surface area contributed by atoms with Crippen molar-refractivity contribution in [3.05, 3.63) is 0 Å². The van der Waals surface area contributed by atoms with Gasteiger partial charge in [0, 0.05) is 25.7 Å². The van der Waals surface area contributed by atoms with E-state index in [-0.39, 0.29) is 12.5 Å². The first-order chi connectivity index (χ1) is 8.65. The Bertz CT molecular complexity index is 279. The molecule has 0 saturated carbocycles. The molecule has 2 fully saturated rings. The van der Waals surface area contributed by atoms with Gasteiger partial charge in [-0.25, -0.2) is 0 Å². The van der Waals surface area contributed by atoms with Crippen LogP contribution in [0.4, 0.5) is 0 Å². The van der Waals surface area contributed by atoms with Gasteiger partial charge in [-0.3, -0.25) is 9.69 Å². The summed E-state index contributed by atoms with van der Waals surface area (Å²) in [5.41, 5.74) is 0. The van der Waals surface area contributed by atoms with Crippen LogP contribution in [0.15, 0.2) is 0 Å². The van der Waals surface area contributed by atoms with E-state index in [9.17, 15) is 4.79 Å². The van der Waals surface area contributed by atoms with Crippen molar-refractivity contribution in [1.29, 1.82) is 0 Å². The van der Waals surface area contributed by atoms with E-state index in [2.05, 4.69) is 16.8 Å². The molecule has 0 amide bonds. The maximum absolute atomic E-state index is 11.0. The summed E-state index contributed by atoms with van der Waals surface area (Å²) in [6.45, 7) is 4.65. The lowest BCUT2D eigenvalue weighted by Crippen LogP contribution is -2.44. The Labute approximate surface area is 109 Å². The van der Waals surface area contributed by atoms with Crippen molar-refractivity contribution in [3.8, 4) is 0 Å². The maximum atomic E-state index is 11.0. The van der Waals surface area contributed by atoms with Crippen LogP contribution in [0.25, 0.3) is 0 Å². The van der Waals surface area contributed by atoms with Gasteiger partial charge in [-0.15, -0.1) is 0 Å². The van der Waals surface area contributed by atoms with Crippen molar-refractivity contribution in [3.63, 3.8) is 0 Å². The minimum Gasteiger partial charge on any atom is -0.481 e. The van der Waals surface area contributed by atoms with Crippen molar-refractivity contribution in [1.82, 2.24) is 9.80 Å². The highest BCUT2D eigenvalue weighted by Crippen LogP contribution is 2.18. The number of rotatable bonds is 4. The summed E-state index contributed by atoms with van der Waals surface area (Å²) in [5, 5.41) is 9.05. The first kappa shape index (κ1) is 13.8. The largest absolute Gasteiger partial charge is 0.481 e. The van der Waals surface area contributed by atoms with E-state index in [4.69, 9.17) is 9.84 Å². The summed E-state index contributed by atoms with van der Waals surface area (Å²) in [4.78, 5) is 15.6. The number of carboxylic acid groups (broad SMARTS) is 1. The summed E-state index contributed by atoms with van der Waals surface area (Å²) >= 11 is 0. The van der Waals surface area contributed by atoms with Crippen molar-refractivity contribution >= 4 is 5.97 Å². The fourth-order valence-electron chi connectivity index (χ4n) is 2.98. The van der Waals surface area contributed by atoms with E-state index in [0.717, 1.165) is 52.0 Å². The molecule has 2 unspecified atom stereocenters. The highest BCUT2D eigenvalue weighted by Gasteiger charge is 2.28. The third-order valence-corrected chi connectivity index (χ3v) is 3.90. The predicted molar refractivity (Wildman–Crippen MR) is 68.7 cm³/mol. The lowest BCUT2D eigenvalue weighted by atomic mass is 10.1. The molecule has 2 aliphatic rings. The average Bonchev–Trinajstić information content (AvgIpc) is 2.73. The smallest absolute Gasteiger partial charge is 0.304 e. The monoisotopic (exact) mass is 256 g/mol. The van der Waals surface area contributed by atoms with Crippen LogP contribution in [0, 0.1) is 0 Å². The second kappa shape index (κ2) is 6.50. The third-order valence-electron chi connectivity index (χ3n) is 3.90. The lowest BCUT2D eigenvalue weighted by Gasteiger charge is -2.31. The topological polar surface area (TPSA) is 53.0 Å². The zero-order chi connectivity index (χ0) is 13.0. The second-order valence-corrected chi connectivity index (χ2v) is 5.50. The summed E-state index contributed by atoms with van der Waals surface area (Å²) < 4.78 is 5.67. The van der Waals surface area contributed by atoms with Crippen molar-refractivity contribution in [2.45, 2.75) is 37.8 Å². The molecule has 0 aromatic carbocycles. The number of hydrogen-bond donors (Lipinski definition) is 1. The summed E-state index contributed by atoms with van der Waals surface area (Å²) in [6, 6.07) is 0.124. The summed E-state index contributed by atoms with van der Waals surface area (Å²) in [6.07, 6.45) is 3.91.